The Morgan fingerprint density at radius 3 is 1.78 bits per heavy atom. The van der Waals surface area contributed by atoms with Crippen molar-refractivity contribution in [2.24, 2.45) is 0 Å². The monoisotopic (exact) mass is 940 g/mol. The molecule has 0 unspecified atom stereocenters. The second-order valence-corrected chi connectivity index (χ2v) is 23.0. The quantitative estimate of drug-likeness (QED) is 0.102. The van der Waals surface area contributed by atoms with Crippen LogP contribution in [0.15, 0.2) is 74.9 Å². The van der Waals surface area contributed by atoms with Gasteiger partial charge in [0.05, 0.1) is 15.7 Å². The van der Waals surface area contributed by atoms with Gasteiger partial charge in [-0.3, -0.25) is 14.3 Å². The lowest BCUT2D eigenvalue weighted by Gasteiger charge is -2.19. The molecule has 0 atom stereocenters. The summed E-state index contributed by atoms with van der Waals surface area (Å²) in [6, 6.07) is 17.0. The van der Waals surface area contributed by atoms with E-state index in [1.54, 1.807) is 58.3 Å². The van der Waals surface area contributed by atoms with Crippen molar-refractivity contribution in [2.45, 2.75) is 51.4 Å². The van der Waals surface area contributed by atoms with E-state index in [1.165, 1.54) is 56.3 Å². The number of rotatable bonds is 3. The van der Waals surface area contributed by atoms with Crippen molar-refractivity contribution >= 4 is 143 Å². The Morgan fingerprint density at radius 2 is 1.21 bits per heavy atom. The van der Waals surface area contributed by atoms with Crippen LogP contribution < -0.4 is 16.6 Å². The average Bonchev–Trinajstić information content (AvgIpc) is 4.05. The Kier molecular flexibility index (Phi) is 11.4. The maximum absolute atomic E-state index is 12.2. The highest BCUT2D eigenvalue weighted by Gasteiger charge is 2.26. The molecule has 9 aromatic rings. The number of pyridine rings is 2. The molecule has 1 aromatic carbocycles. The number of hydrogen-bond acceptors (Lipinski definition) is 11. The molecule has 2 N–H and O–H groups in total. The highest BCUT2D eigenvalue weighted by Crippen LogP contribution is 2.55. The van der Waals surface area contributed by atoms with E-state index in [1.807, 2.05) is 12.1 Å². The van der Waals surface area contributed by atoms with Crippen molar-refractivity contribution in [1.82, 2.24) is 29.9 Å². The van der Waals surface area contributed by atoms with Gasteiger partial charge in [0, 0.05) is 48.3 Å². The van der Waals surface area contributed by atoms with Crippen molar-refractivity contribution in [1.29, 1.82) is 0 Å². The third kappa shape index (κ3) is 7.70. The van der Waals surface area contributed by atoms with E-state index < -0.39 is 11.5 Å². The van der Waals surface area contributed by atoms with Crippen molar-refractivity contribution in [2.75, 3.05) is 0 Å². The maximum atomic E-state index is 12.2. The zero-order valence-electron chi connectivity index (χ0n) is 30.1. The third-order valence-electron chi connectivity index (χ3n) is 10.1. The van der Waals surface area contributed by atoms with E-state index in [2.05, 4.69) is 48.9 Å². The highest BCUT2D eigenvalue weighted by molar-refractivity contribution is 8.13. The molecular formula is C40H29Cl4N6O3PS4. The predicted octanol–water partition coefficient (Wildman–Crippen LogP) is 12.6. The molecule has 0 fully saturated rings. The van der Waals surface area contributed by atoms with Crippen LogP contribution in [-0.2, 0) is 30.2 Å². The van der Waals surface area contributed by atoms with Crippen LogP contribution in [0.2, 0.25) is 10.4 Å². The summed E-state index contributed by atoms with van der Waals surface area (Å²) >= 11 is 29.5. The number of nitrogens with one attached hydrogen (secondary N) is 2. The molecule has 11 rings (SSSR count). The number of hydrogen-bond donors (Lipinski definition) is 2. The molecule has 0 amide bonds. The molecule has 0 bridgehead atoms. The molecule has 8 aromatic heterocycles. The predicted molar refractivity (Wildman–Crippen MR) is 246 cm³/mol. The van der Waals surface area contributed by atoms with Crippen LogP contribution in [0.3, 0.4) is 0 Å². The van der Waals surface area contributed by atoms with Gasteiger partial charge in [0.2, 0.25) is 5.28 Å². The van der Waals surface area contributed by atoms with Crippen LogP contribution in [0.4, 0.5) is 0 Å². The molecule has 0 radical (unpaired) electrons. The number of fused-ring (bicyclic) bond motifs is 8. The first-order valence-electron chi connectivity index (χ1n) is 18.3. The fourth-order valence-corrected chi connectivity index (χ4v) is 13.0. The van der Waals surface area contributed by atoms with E-state index in [-0.39, 0.29) is 10.8 Å². The van der Waals surface area contributed by atoms with Crippen LogP contribution in [-0.4, -0.2) is 29.9 Å². The zero-order valence-corrected chi connectivity index (χ0v) is 37.3. The molecule has 2 aliphatic carbocycles. The summed E-state index contributed by atoms with van der Waals surface area (Å²) in [5.74, 6) is -3.07. The van der Waals surface area contributed by atoms with Gasteiger partial charge < -0.3 is 4.98 Å². The minimum absolute atomic E-state index is 0.182. The highest BCUT2D eigenvalue weighted by atomic mass is 35.9. The van der Waals surface area contributed by atoms with Gasteiger partial charge in [0.1, 0.15) is 14.4 Å². The molecule has 8 heterocycles. The van der Waals surface area contributed by atoms with Gasteiger partial charge in [-0.25, -0.2) is 24.7 Å². The number of thiophene rings is 4. The van der Waals surface area contributed by atoms with Crippen LogP contribution in [0.25, 0.3) is 61.7 Å². The van der Waals surface area contributed by atoms with Gasteiger partial charge >= 0.3 is 5.69 Å². The zero-order chi connectivity index (χ0) is 40.1. The van der Waals surface area contributed by atoms with Crippen molar-refractivity contribution in [3.8, 4) is 20.9 Å². The summed E-state index contributed by atoms with van der Waals surface area (Å²) in [7, 11) is 0. The lowest BCUT2D eigenvalue weighted by molar-refractivity contribution is 0.597. The van der Waals surface area contributed by atoms with Crippen LogP contribution >= 0.6 is 96.9 Å². The van der Waals surface area contributed by atoms with E-state index in [4.69, 9.17) is 55.7 Å². The van der Waals surface area contributed by atoms with Gasteiger partial charge in [-0.15, -0.1) is 45.3 Å². The number of halogens is 4. The van der Waals surface area contributed by atoms with Gasteiger partial charge in [0.25, 0.3) is 11.4 Å². The second kappa shape index (κ2) is 16.5. The molecule has 0 saturated carbocycles. The number of H-pyrrole nitrogens is 2. The Balaban J connectivity index is 0.000000122. The number of aromatic nitrogens is 6. The summed E-state index contributed by atoms with van der Waals surface area (Å²) in [5.41, 5.74) is 8.05. The molecule has 0 saturated heterocycles. The third-order valence-corrected chi connectivity index (χ3v) is 16.6. The first-order chi connectivity index (χ1) is 28.0. The maximum Gasteiger partial charge on any atom is 0.326 e. The van der Waals surface area contributed by atoms with E-state index >= 15 is 0 Å². The van der Waals surface area contributed by atoms with Crippen LogP contribution in [0.1, 0.15) is 48.2 Å². The number of nitrogens with zero attached hydrogens (tertiary/aromatic N) is 4. The average molecular weight is 943 g/mol. The number of benzene rings is 1. The minimum Gasteiger partial charge on any atom is -0.305 e. The molecule has 9 nitrogen and oxygen atoms in total. The minimum atomic E-state index is -3.07. The number of aryl methyl sites for hydroxylation is 2. The first-order valence-corrected chi connectivity index (χ1v) is 25.9. The van der Waals surface area contributed by atoms with Crippen LogP contribution in [0.5, 0.6) is 0 Å². The second-order valence-electron chi connectivity index (χ2n) is 13.6. The smallest absolute Gasteiger partial charge is 0.305 e. The van der Waals surface area contributed by atoms with Gasteiger partial charge in [0.15, 0.2) is 5.15 Å². The Morgan fingerprint density at radius 1 is 0.638 bits per heavy atom. The van der Waals surface area contributed by atoms with Crippen LogP contribution in [0, 0.1) is 0 Å². The Labute approximate surface area is 366 Å². The van der Waals surface area contributed by atoms with Crippen molar-refractivity contribution < 1.29 is 4.57 Å². The van der Waals surface area contributed by atoms with Crippen molar-refractivity contribution in [3.05, 3.63) is 119 Å². The number of aromatic amines is 2. The first kappa shape index (κ1) is 39.9. The summed E-state index contributed by atoms with van der Waals surface area (Å²) in [6.07, 6.45) is 8.79. The van der Waals surface area contributed by atoms with E-state index in [0.717, 1.165) is 80.4 Å². The lowest BCUT2D eigenvalue weighted by Crippen LogP contribution is -2.20. The van der Waals surface area contributed by atoms with E-state index in [0.29, 0.717) is 20.7 Å². The molecule has 2 aliphatic rings. The topological polar surface area (TPSA) is 134 Å². The summed E-state index contributed by atoms with van der Waals surface area (Å²) in [5, 5.41) is 7.23. The summed E-state index contributed by atoms with van der Waals surface area (Å²) in [6.45, 7) is 0. The largest absolute Gasteiger partial charge is 0.326 e. The lowest BCUT2D eigenvalue weighted by atomic mass is 9.90. The molecule has 0 aliphatic heterocycles. The van der Waals surface area contributed by atoms with Gasteiger partial charge in [-0.2, -0.15) is 0 Å². The molecular weight excluding hydrogens is 914 g/mol. The fourth-order valence-electron chi connectivity index (χ4n) is 7.62. The normalized spacial score (nSPS) is 13.9. The van der Waals surface area contributed by atoms with E-state index in [9.17, 15) is 14.2 Å². The molecule has 0 spiro atoms. The summed E-state index contributed by atoms with van der Waals surface area (Å²) in [4.78, 5) is 51.8. The fraction of sp³-hybridized carbons (Fsp3) is 0.200. The molecule has 58 heavy (non-hydrogen) atoms. The van der Waals surface area contributed by atoms with Gasteiger partial charge in [-0.1, -0.05) is 41.9 Å². The Bertz CT molecular complexity index is 3160. The molecule has 18 heteroatoms. The SMILES string of the molecule is Clc1nc(Cl)c2sc3nc4c(c(-c5cccs5)c3c2n1)CCCC4.O=P(Cl)(Cl)c1ccccc1.O=c1[nH]c(=O)c2sc3nc4c(c(-c5cccs5)c3c2[nH]1)CCCC4. The Hall–Kier alpha value is -3.49. The van der Waals surface area contributed by atoms with Crippen molar-refractivity contribution in [3.63, 3.8) is 0 Å². The standard InChI is InChI=1S/C17H11Cl2N3S2.C17H13N3O2S2.C6H5Cl2OP/c18-15-14-13(21-17(19)22-15)12-11(10-6-3-7-23-10)8-4-1-2-5-9(8)20-16(12)24-14;21-15-14-13(19-17(22)20-15)12-11(10-6-3-7-23-10)8-4-1-2-5-9(8)18-16(12)24-14;7-10(8,9)6-4-2-1-3-5-6/h3,6-7H,1-2,4-5H2;3,6-7H,1-2,4-5H2,(H2,19,20,21,22);1-5H. The van der Waals surface area contributed by atoms with Gasteiger partial charge in [-0.05, 0) is 132 Å². The molecule has 294 valence electrons. The summed E-state index contributed by atoms with van der Waals surface area (Å²) < 4.78 is 12.4.